The van der Waals surface area contributed by atoms with E-state index in [1.807, 2.05) is 6.08 Å². The first-order chi connectivity index (χ1) is 4.34. The van der Waals surface area contributed by atoms with Crippen molar-refractivity contribution in [1.82, 2.24) is 0 Å². The molecule has 2 atom stereocenters. The van der Waals surface area contributed by atoms with Crippen LogP contribution >= 0.6 is 11.6 Å². The maximum Gasteiger partial charge on any atom is 0.0367 e. The van der Waals surface area contributed by atoms with Gasteiger partial charge in [-0.15, -0.1) is 18.2 Å². The second-order valence-corrected chi connectivity index (χ2v) is 3.29. The molecule has 0 aromatic carbocycles. The Morgan fingerprint density at radius 3 is 2.78 bits per heavy atom. The van der Waals surface area contributed by atoms with Crippen molar-refractivity contribution >= 4 is 11.6 Å². The zero-order valence-corrected chi connectivity index (χ0v) is 6.40. The Labute approximate surface area is 61.9 Å². The highest BCUT2D eigenvalue weighted by Crippen LogP contribution is 2.32. The minimum Gasteiger partial charge on any atom is -0.123 e. The first-order valence-electron chi connectivity index (χ1n) is 3.59. The number of hydrogen-bond acceptors (Lipinski definition) is 0. The number of halogens is 1. The summed E-state index contributed by atoms with van der Waals surface area (Å²) in [6, 6.07) is 0. The zero-order valence-electron chi connectivity index (χ0n) is 5.65. The van der Waals surface area contributed by atoms with E-state index in [0.717, 1.165) is 12.3 Å². The van der Waals surface area contributed by atoms with Gasteiger partial charge in [-0.2, -0.15) is 0 Å². The molecule has 1 heteroatoms. The largest absolute Gasteiger partial charge is 0.123 e. The molecule has 0 N–H and O–H groups in total. The topological polar surface area (TPSA) is 0 Å². The van der Waals surface area contributed by atoms with Crippen LogP contribution in [0.15, 0.2) is 12.7 Å². The van der Waals surface area contributed by atoms with Crippen LogP contribution in [0.25, 0.3) is 0 Å². The molecule has 1 saturated carbocycles. The van der Waals surface area contributed by atoms with Crippen molar-refractivity contribution < 1.29 is 0 Å². The Bertz CT molecular complexity index is 98.7. The standard InChI is InChI=1S/C8H13Cl/c1-2-4-7-5-3-6-8(7)9/h2,7-8H,1,3-6H2. The zero-order chi connectivity index (χ0) is 6.69. The minimum absolute atomic E-state index is 0.433. The van der Waals surface area contributed by atoms with E-state index in [1.165, 1.54) is 19.3 Å². The minimum atomic E-state index is 0.433. The summed E-state index contributed by atoms with van der Waals surface area (Å²) in [5, 5.41) is 0.433. The highest BCUT2D eigenvalue weighted by atomic mass is 35.5. The van der Waals surface area contributed by atoms with Crippen molar-refractivity contribution in [3.63, 3.8) is 0 Å². The molecule has 0 saturated heterocycles. The van der Waals surface area contributed by atoms with Crippen LogP contribution in [0.3, 0.4) is 0 Å². The van der Waals surface area contributed by atoms with Crippen LogP contribution in [0, 0.1) is 5.92 Å². The summed E-state index contributed by atoms with van der Waals surface area (Å²) in [5.41, 5.74) is 0. The third-order valence-electron chi connectivity index (χ3n) is 2.04. The fraction of sp³-hybridized carbons (Fsp3) is 0.750. The van der Waals surface area contributed by atoms with Gasteiger partial charge in [0.05, 0.1) is 0 Å². The lowest BCUT2D eigenvalue weighted by atomic mass is 10.0. The van der Waals surface area contributed by atoms with E-state index in [4.69, 9.17) is 11.6 Å². The SMILES string of the molecule is C=CCC1CCCC1Cl. The molecule has 0 aromatic rings. The number of alkyl halides is 1. The van der Waals surface area contributed by atoms with Crippen molar-refractivity contribution in [2.75, 3.05) is 0 Å². The highest BCUT2D eigenvalue weighted by molar-refractivity contribution is 6.20. The second kappa shape index (κ2) is 3.26. The molecule has 1 aliphatic rings. The lowest BCUT2D eigenvalue weighted by molar-refractivity contribution is 0.565. The molecular weight excluding hydrogens is 132 g/mol. The molecule has 0 nitrogen and oxygen atoms in total. The third kappa shape index (κ3) is 1.72. The Kier molecular flexibility index (Phi) is 2.59. The second-order valence-electron chi connectivity index (χ2n) is 2.73. The van der Waals surface area contributed by atoms with Gasteiger partial charge in [-0.25, -0.2) is 0 Å². The van der Waals surface area contributed by atoms with Crippen LogP contribution in [-0.4, -0.2) is 5.38 Å². The Morgan fingerprint density at radius 1 is 1.56 bits per heavy atom. The summed E-state index contributed by atoms with van der Waals surface area (Å²) < 4.78 is 0. The Balaban J connectivity index is 2.30. The van der Waals surface area contributed by atoms with Crippen LogP contribution in [0.2, 0.25) is 0 Å². The lowest BCUT2D eigenvalue weighted by Gasteiger charge is -2.08. The fourth-order valence-electron chi connectivity index (χ4n) is 1.47. The molecule has 0 amide bonds. The quantitative estimate of drug-likeness (QED) is 0.413. The van der Waals surface area contributed by atoms with Gasteiger partial charge in [0, 0.05) is 5.38 Å². The molecule has 0 spiro atoms. The summed E-state index contributed by atoms with van der Waals surface area (Å²) in [4.78, 5) is 0. The molecule has 1 rings (SSSR count). The molecule has 52 valence electrons. The van der Waals surface area contributed by atoms with E-state index in [9.17, 15) is 0 Å². The summed E-state index contributed by atoms with van der Waals surface area (Å²) in [6.07, 6.45) is 6.91. The molecule has 0 heterocycles. The predicted octanol–water partition coefficient (Wildman–Crippen LogP) is 2.97. The molecule has 1 aliphatic carbocycles. The molecule has 0 radical (unpaired) electrons. The van der Waals surface area contributed by atoms with Crippen LogP contribution in [0.1, 0.15) is 25.7 Å². The first kappa shape index (κ1) is 7.14. The van der Waals surface area contributed by atoms with Gasteiger partial charge in [0.25, 0.3) is 0 Å². The van der Waals surface area contributed by atoms with E-state index < -0.39 is 0 Å². The van der Waals surface area contributed by atoms with Crippen molar-refractivity contribution in [2.24, 2.45) is 5.92 Å². The predicted molar refractivity (Wildman–Crippen MR) is 41.8 cm³/mol. The summed E-state index contributed by atoms with van der Waals surface area (Å²) >= 11 is 6.01. The average molecular weight is 145 g/mol. The number of allylic oxidation sites excluding steroid dienone is 1. The van der Waals surface area contributed by atoms with Crippen molar-refractivity contribution in [2.45, 2.75) is 31.1 Å². The monoisotopic (exact) mass is 144 g/mol. The molecule has 9 heavy (non-hydrogen) atoms. The van der Waals surface area contributed by atoms with E-state index in [-0.39, 0.29) is 0 Å². The average Bonchev–Trinajstić information content (AvgIpc) is 2.18. The summed E-state index contributed by atoms with van der Waals surface area (Å²) in [5.74, 6) is 0.726. The third-order valence-corrected chi connectivity index (χ3v) is 2.61. The molecule has 0 bridgehead atoms. The maximum absolute atomic E-state index is 6.01. The van der Waals surface area contributed by atoms with Crippen molar-refractivity contribution in [1.29, 1.82) is 0 Å². The van der Waals surface area contributed by atoms with Gasteiger partial charge >= 0.3 is 0 Å². The lowest BCUT2D eigenvalue weighted by Crippen LogP contribution is -2.04. The van der Waals surface area contributed by atoms with Gasteiger partial charge < -0.3 is 0 Å². The van der Waals surface area contributed by atoms with Crippen LogP contribution in [0.5, 0.6) is 0 Å². The van der Waals surface area contributed by atoms with Gasteiger partial charge in [0.1, 0.15) is 0 Å². The number of rotatable bonds is 2. The van der Waals surface area contributed by atoms with Gasteiger partial charge in [0.15, 0.2) is 0 Å². The fourth-order valence-corrected chi connectivity index (χ4v) is 1.85. The number of hydrogen-bond donors (Lipinski definition) is 0. The van der Waals surface area contributed by atoms with Crippen molar-refractivity contribution in [3.05, 3.63) is 12.7 Å². The molecular formula is C8H13Cl. The van der Waals surface area contributed by atoms with Gasteiger partial charge in [0.2, 0.25) is 0 Å². The van der Waals surface area contributed by atoms with Gasteiger partial charge in [-0.3, -0.25) is 0 Å². The van der Waals surface area contributed by atoms with Crippen LogP contribution in [0.4, 0.5) is 0 Å². The van der Waals surface area contributed by atoms with Crippen LogP contribution in [-0.2, 0) is 0 Å². The highest BCUT2D eigenvalue weighted by Gasteiger charge is 2.23. The maximum atomic E-state index is 6.01. The smallest absolute Gasteiger partial charge is 0.0367 e. The van der Waals surface area contributed by atoms with Crippen molar-refractivity contribution in [3.8, 4) is 0 Å². The Morgan fingerprint density at radius 2 is 2.33 bits per heavy atom. The Hall–Kier alpha value is 0.0300. The van der Waals surface area contributed by atoms with E-state index >= 15 is 0 Å². The van der Waals surface area contributed by atoms with Gasteiger partial charge in [-0.05, 0) is 25.2 Å². The first-order valence-corrected chi connectivity index (χ1v) is 4.03. The molecule has 0 aromatic heterocycles. The van der Waals surface area contributed by atoms with Gasteiger partial charge in [-0.1, -0.05) is 12.5 Å². The molecule has 0 aliphatic heterocycles. The van der Waals surface area contributed by atoms with E-state index in [2.05, 4.69) is 6.58 Å². The molecule has 1 fully saturated rings. The summed E-state index contributed by atoms with van der Waals surface area (Å²) in [6.45, 7) is 3.70. The van der Waals surface area contributed by atoms with E-state index in [0.29, 0.717) is 5.38 Å². The molecule has 2 unspecified atom stereocenters. The summed E-state index contributed by atoms with van der Waals surface area (Å²) in [7, 11) is 0. The van der Waals surface area contributed by atoms with Crippen LogP contribution < -0.4 is 0 Å². The van der Waals surface area contributed by atoms with E-state index in [1.54, 1.807) is 0 Å². The normalized spacial score (nSPS) is 34.8.